The number of amides is 1. The summed E-state index contributed by atoms with van der Waals surface area (Å²) >= 11 is 0. The highest BCUT2D eigenvalue weighted by Gasteiger charge is 2.31. The van der Waals surface area contributed by atoms with Crippen molar-refractivity contribution >= 4 is 17.5 Å². The minimum Gasteiger partial charge on any atom is -0.497 e. The minimum atomic E-state index is -0.609. The molecule has 1 atom stereocenters. The molecule has 0 unspecified atom stereocenters. The van der Waals surface area contributed by atoms with E-state index < -0.39 is 6.04 Å². The number of nitrogen functional groups attached to an aromatic ring is 1. The average Bonchev–Trinajstić information content (AvgIpc) is 3.43. The first-order valence-corrected chi connectivity index (χ1v) is 13.5. The van der Waals surface area contributed by atoms with Gasteiger partial charge in [-0.25, -0.2) is 9.97 Å². The number of aryl methyl sites for hydroxylation is 2. The van der Waals surface area contributed by atoms with Crippen LogP contribution in [0.3, 0.4) is 0 Å². The number of carbonyl (C=O) groups is 1. The van der Waals surface area contributed by atoms with Gasteiger partial charge in [-0.05, 0) is 66.8 Å². The smallest absolute Gasteiger partial charge is 0.294 e. The molecule has 3 heterocycles. The molecule has 1 aliphatic rings. The molecular weight excluding hydrogens is 520 g/mol. The first-order chi connectivity index (χ1) is 19.9. The monoisotopic (exact) mass is 554 g/mol. The van der Waals surface area contributed by atoms with Crippen LogP contribution in [-0.4, -0.2) is 41.2 Å². The first kappa shape index (κ1) is 27.7. The normalized spacial score (nSPS) is 14.0. The summed E-state index contributed by atoms with van der Waals surface area (Å²) in [6.45, 7) is 2.57. The van der Waals surface area contributed by atoms with E-state index in [9.17, 15) is 9.59 Å². The second-order valence-corrected chi connectivity index (χ2v) is 10.0. The molecule has 1 aliphatic heterocycles. The number of benzene rings is 2. The maximum Gasteiger partial charge on any atom is 0.294 e. The molecule has 10 nitrogen and oxygen atoms in total. The molecule has 0 aliphatic carbocycles. The van der Waals surface area contributed by atoms with Crippen molar-refractivity contribution in [2.45, 2.75) is 38.3 Å². The molecule has 4 aromatic rings. The van der Waals surface area contributed by atoms with Crippen molar-refractivity contribution < 1.29 is 14.3 Å². The van der Waals surface area contributed by atoms with Gasteiger partial charge in [-0.1, -0.05) is 30.3 Å². The van der Waals surface area contributed by atoms with Crippen molar-refractivity contribution in [1.82, 2.24) is 19.9 Å². The van der Waals surface area contributed by atoms with E-state index in [1.807, 2.05) is 61.5 Å². The van der Waals surface area contributed by atoms with Crippen LogP contribution in [0.15, 0.2) is 71.7 Å². The third kappa shape index (κ3) is 6.01. The van der Waals surface area contributed by atoms with Gasteiger partial charge in [0.25, 0.3) is 5.56 Å². The Hall–Kier alpha value is -4.86. The molecular formula is C31H34N6O4. The number of aromatic nitrogens is 3. The Morgan fingerprint density at radius 2 is 1.66 bits per heavy atom. The van der Waals surface area contributed by atoms with Crippen molar-refractivity contribution in [1.29, 1.82) is 0 Å². The number of anilines is 2. The minimum absolute atomic E-state index is 0.0814. The third-order valence-corrected chi connectivity index (χ3v) is 7.54. The zero-order valence-corrected chi connectivity index (χ0v) is 23.4. The van der Waals surface area contributed by atoms with E-state index in [4.69, 9.17) is 15.2 Å². The molecule has 212 valence electrons. The quantitative estimate of drug-likeness (QED) is 0.271. The lowest BCUT2D eigenvalue weighted by Gasteiger charge is -2.20. The zero-order chi connectivity index (χ0) is 28.9. The van der Waals surface area contributed by atoms with E-state index in [0.29, 0.717) is 31.7 Å². The summed E-state index contributed by atoms with van der Waals surface area (Å²) in [7, 11) is 3.27. The molecule has 2 aromatic carbocycles. The van der Waals surface area contributed by atoms with Crippen molar-refractivity contribution in [3.05, 3.63) is 105 Å². The zero-order valence-electron chi connectivity index (χ0n) is 23.4. The lowest BCUT2D eigenvalue weighted by Crippen LogP contribution is -2.36. The van der Waals surface area contributed by atoms with Gasteiger partial charge >= 0.3 is 0 Å². The topological polar surface area (TPSA) is 133 Å². The Kier molecular flexibility index (Phi) is 8.19. The van der Waals surface area contributed by atoms with Crippen LogP contribution in [0.1, 0.15) is 46.5 Å². The van der Waals surface area contributed by atoms with Crippen molar-refractivity contribution in [2.24, 2.45) is 0 Å². The number of rotatable bonds is 10. The Morgan fingerprint density at radius 1 is 1.02 bits per heavy atom. The second kappa shape index (κ2) is 12.1. The summed E-state index contributed by atoms with van der Waals surface area (Å²) < 4.78 is 12.2. The van der Waals surface area contributed by atoms with Crippen molar-refractivity contribution in [3.8, 4) is 11.5 Å². The van der Waals surface area contributed by atoms with E-state index >= 15 is 0 Å². The number of pyridine rings is 1. The van der Waals surface area contributed by atoms with Gasteiger partial charge in [-0.3, -0.25) is 14.2 Å². The van der Waals surface area contributed by atoms with Crippen molar-refractivity contribution in [2.75, 3.05) is 31.8 Å². The fraction of sp³-hybridized carbons (Fsp3) is 0.290. The molecule has 1 amide bonds. The standard InChI is InChI=1S/C31H34N6O4/c1-19-22(8-15-28(32)36-19)16-35-30(38)27-14-9-23-17-33-29(31(39)37(23)27)34-18-26(20-4-10-24(40-2)11-5-20)21-6-12-25(41-3)13-7-21/h4-8,10-13,15,17,26-27H,9,14,16,18H2,1-3H3,(H2,32,36)(H,33,34)(H,35,38)/t27-/m1/s1. The second-order valence-electron chi connectivity index (χ2n) is 10.0. The third-order valence-electron chi connectivity index (χ3n) is 7.54. The molecule has 0 fully saturated rings. The summed E-state index contributed by atoms with van der Waals surface area (Å²) in [6, 6.07) is 18.7. The van der Waals surface area contributed by atoms with E-state index in [0.717, 1.165) is 39.6 Å². The molecule has 5 rings (SSSR count). The summed E-state index contributed by atoms with van der Waals surface area (Å²) in [4.78, 5) is 35.5. The predicted octanol–water partition coefficient (Wildman–Crippen LogP) is 3.59. The largest absolute Gasteiger partial charge is 0.497 e. The van der Waals surface area contributed by atoms with E-state index in [1.165, 1.54) is 0 Å². The maximum atomic E-state index is 13.6. The van der Waals surface area contributed by atoms with Crippen LogP contribution >= 0.6 is 0 Å². The van der Waals surface area contributed by atoms with Crippen LogP contribution in [0, 0.1) is 6.92 Å². The number of hydrogen-bond donors (Lipinski definition) is 3. The summed E-state index contributed by atoms with van der Waals surface area (Å²) in [5.41, 5.74) is 9.91. The van der Waals surface area contributed by atoms with Gasteiger partial charge in [0, 0.05) is 36.6 Å². The highest BCUT2D eigenvalue weighted by atomic mass is 16.5. The summed E-state index contributed by atoms with van der Waals surface area (Å²) in [6.07, 6.45) is 2.82. The van der Waals surface area contributed by atoms with Crippen LogP contribution < -0.4 is 31.4 Å². The number of nitrogens with one attached hydrogen (secondary N) is 2. The Labute approximate surface area is 238 Å². The van der Waals surface area contributed by atoms with E-state index in [-0.39, 0.29) is 23.2 Å². The van der Waals surface area contributed by atoms with Crippen LogP contribution in [0.25, 0.3) is 0 Å². The molecule has 2 aromatic heterocycles. The number of ether oxygens (including phenoxy) is 2. The van der Waals surface area contributed by atoms with E-state index in [2.05, 4.69) is 20.6 Å². The molecule has 0 bridgehead atoms. The summed E-state index contributed by atoms with van der Waals surface area (Å²) in [5.74, 6) is 1.87. The van der Waals surface area contributed by atoms with Crippen LogP contribution in [-0.2, 0) is 17.8 Å². The van der Waals surface area contributed by atoms with Gasteiger partial charge in [-0.2, -0.15) is 0 Å². The Morgan fingerprint density at radius 3 is 2.24 bits per heavy atom. The summed E-state index contributed by atoms with van der Waals surface area (Å²) in [5, 5.41) is 6.23. The number of carbonyl (C=O) groups excluding carboxylic acids is 1. The Bertz CT molecular complexity index is 1540. The van der Waals surface area contributed by atoms with Gasteiger partial charge in [0.1, 0.15) is 23.4 Å². The van der Waals surface area contributed by atoms with Crippen LogP contribution in [0.5, 0.6) is 11.5 Å². The average molecular weight is 555 g/mol. The molecule has 0 spiro atoms. The molecule has 10 heteroatoms. The Balaban J connectivity index is 1.35. The SMILES string of the molecule is COc1ccc(C(CNc2ncc3n(c2=O)[C@@H](C(=O)NCc2ccc(N)nc2C)CC3)c2ccc(OC)cc2)cc1. The molecule has 0 radical (unpaired) electrons. The van der Waals surface area contributed by atoms with Gasteiger partial charge in [0.15, 0.2) is 5.82 Å². The maximum absolute atomic E-state index is 13.6. The molecule has 0 saturated heterocycles. The lowest BCUT2D eigenvalue weighted by molar-refractivity contribution is -0.124. The highest BCUT2D eigenvalue weighted by molar-refractivity contribution is 5.81. The number of nitrogens with two attached hydrogens (primary N) is 1. The number of methoxy groups -OCH3 is 2. The van der Waals surface area contributed by atoms with Crippen LogP contribution in [0.2, 0.25) is 0 Å². The predicted molar refractivity (Wildman–Crippen MR) is 157 cm³/mol. The molecule has 4 N–H and O–H groups in total. The van der Waals surface area contributed by atoms with Crippen molar-refractivity contribution in [3.63, 3.8) is 0 Å². The van der Waals surface area contributed by atoms with Crippen LogP contribution in [0.4, 0.5) is 11.6 Å². The van der Waals surface area contributed by atoms with Gasteiger partial charge in [0.05, 0.1) is 14.2 Å². The number of fused-ring (bicyclic) bond motifs is 1. The fourth-order valence-electron chi connectivity index (χ4n) is 5.21. The highest BCUT2D eigenvalue weighted by Crippen LogP contribution is 2.29. The number of hydrogen-bond acceptors (Lipinski definition) is 8. The first-order valence-electron chi connectivity index (χ1n) is 13.5. The lowest BCUT2D eigenvalue weighted by atomic mass is 9.91. The number of nitrogens with zero attached hydrogens (tertiary/aromatic N) is 3. The molecule has 41 heavy (non-hydrogen) atoms. The fourth-order valence-corrected chi connectivity index (χ4v) is 5.21. The van der Waals surface area contributed by atoms with Gasteiger partial charge < -0.3 is 25.8 Å². The van der Waals surface area contributed by atoms with E-state index in [1.54, 1.807) is 31.0 Å². The molecule has 0 saturated carbocycles. The van der Waals surface area contributed by atoms with Gasteiger partial charge in [0.2, 0.25) is 5.91 Å². The van der Waals surface area contributed by atoms with Gasteiger partial charge in [-0.15, -0.1) is 0 Å².